The largest absolute Gasteiger partial charge is 0.439 e. The second-order valence-electron chi connectivity index (χ2n) is 6.38. The lowest BCUT2D eigenvalue weighted by Crippen LogP contribution is -2.35. The Kier molecular flexibility index (Phi) is 4.98. The van der Waals surface area contributed by atoms with E-state index in [1.54, 1.807) is 24.4 Å². The molecule has 1 aromatic heterocycles. The number of hydrogen-bond acceptors (Lipinski definition) is 3. The lowest BCUT2D eigenvalue weighted by atomic mass is 9.80. The highest BCUT2D eigenvalue weighted by molar-refractivity contribution is 5.88. The molecule has 28 heavy (non-hydrogen) atoms. The second-order valence-corrected chi connectivity index (χ2v) is 6.38. The van der Waals surface area contributed by atoms with E-state index < -0.39 is 11.6 Å². The van der Waals surface area contributed by atoms with Crippen LogP contribution in [0.4, 0.5) is 0 Å². The lowest BCUT2D eigenvalue weighted by molar-refractivity contribution is 0.0134. The molecular weight excluding hydrogens is 346 g/mol. The summed E-state index contributed by atoms with van der Waals surface area (Å²) in [4.78, 5) is 17.3. The van der Waals surface area contributed by atoms with Gasteiger partial charge in [0, 0.05) is 22.9 Å². The quantitative estimate of drug-likeness (QED) is 0.359. The van der Waals surface area contributed by atoms with Crippen LogP contribution in [0.1, 0.15) is 27.2 Å². The summed E-state index contributed by atoms with van der Waals surface area (Å²) in [7, 11) is 0. The van der Waals surface area contributed by atoms with Crippen molar-refractivity contribution in [3.05, 3.63) is 138 Å². The molecule has 0 N–H and O–H groups in total. The van der Waals surface area contributed by atoms with Gasteiger partial charge in [0.1, 0.15) is 5.69 Å². The van der Waals surface area contributed by atoms with E-state index in [9.17, 15) is 4.79 Å². The van der Waals surface area contributed by atoms with Crippen LogP contribution in [0.3, 0.4) is 0 Å². The van der Waals surface area contributed by atoms with E-state index in [1.165, 1.54) is 0 Å². The van der Waals surface area contributed by atoms with Gasteiger partial charge < -0.3 is 4.74 Å². The number of carbonyl (C=O) groups excluding carboxylic acids is 1. The van der Waals surface area contributed by atoms with Gasteiger partial charge in [-0.25, -0.2) is 9.78 Å². The molecule has 0 amide bonds. The topological polar surface area (TPSA) is 39.2 Å². The Morgan fingerprint density at radius 1 is 0.607 bits per heavy atom. The molecular formula is C25H19NO2. The third-order valence-corrected chi connectivity index (χ3v) is 4.66. The van der Waals surface area contributed by atoms with Gasteiger partial charge in [0.25, 0.3) is 0 Å². The first kappa shape index (κ1) is 17.7. The van der Waals surface area contributed by atoms with E-state index in [4.69, 9.17) is 4.74 Å². The molecule has 0 atom stereocenters. The summed E-state index contributed by atoms with van der Waals surface area (Å²) in [5, 5.41) is 0. The molecule has 4 aromatic rings. The van der Waals surface area contributed by atoms with Crippen molar-refractivity contribution in [1.82, 2.24) is 4.98 Å². The van der Waals surface area contributed by atoms with Gasteiger partial charge in [-0.05, 0) is 12.1 Å². The molecule has 3 nitrogen and oxygen atoms in total. The van der Waals surface area contributed by atoms with Gasteiger partial charge in [-0.15, -0.1) is 0 Å². The molecule has 0 radical (unpaired) electrons. The molecule has 0 aliphatic heterocycles. The van der Waals surface area contributed by atoms with Crippen LogP contribution < -0.4 is 0 Å². The fourth-order valence-electron chi connectivity index (χ4n) is 3.37. The summed E-state index contributed by atoms with van der Waals surface area (Å²) in [5.74, 6) is -0.475. The van der Waals surface area contributed by atoms with Gasteiger partial charge in [-0.2, -0.15) is 0 Å². The Bertz CT molecular complexity index is 936. The van der Waals surface area contributed by atoms with Crippen LogP contribution in [0.15, 0.2) is 115 Å². The molecule has 3 heteroatoms. The van der Waals surface area contributed by atoms with Crippen LogP contribution in [-0.4, -0.2) is 11.0 Å². The van der Waals surface area contributed by atoms with Crippen molar-refractivity contribution in [2.24, 2.45) is 0 Å². The predicted octanol–water partition coefficient (Wildman–Crippen LogP) is 5.23. The highest BCUT2D eigenvalue weighted by atomic mass is 16.6. The van der Waals surface area contributed by atoms with Gasteiger partial charge >= 0.3 is 5.97 Å². The molecule has 1 heterocycles. The maximum atomic E-state index is 13.1. The number of ether oxygens (including phenoxy) is 1. The van der Waals surface area contributed by atoms with Crippen molar-refractivity contribution in [2.45, 2.75) is 5.60 Å². The number of aromatic nitrogens is 1. The number of benzene rings is 3. The minimum atomic E-state index is -1.08. The molecule has 0 saturated carbocycles. The number of esters is 1. The van der Waals surface area contributed by atoms with Gasteiger partial charge in [0.2, 0.25) is 0 Å². The molecule has 0 aliphatic rings. The molecule has 0 fully saturated rings. The Balaban J connectivity index is 1.95. The highest BCUT2D eigenvalue weighted by Crippen LogP contribution is 2.40. The van der Waals surface area contributed by atoms with E-state index in [-0.39, 0.29) is 5.69 Å². The minimum Gasteiger partial charge on any atom is -0.439 e. The Labute approximate surface area is 164 Å². The fourth-order valence-corrected chi connectivity index (χ4v) is 3.37. The van der Waals surface area contributed by atoms with Crippen LogP contribution in [0.25, 0.3) is 0 Å². The highest BCUT2D eigenvalue weighted by Gasteiger charge is 2.40. The summed E-state index contributed by atoms with van der Waals surface area (Å²) in [6.45, 7) is 0. The third kappa shape index (κ3) is 3.30. The average molecular weight is 365 g/mol. The zero-order chi connectivity index (χ0) is 19.2. The zero-order valence-electron chi connectivity index (χ0n) is 15.2. The Morgan fingerprint density at radius 2 is 1.04 bits per heavy atom. The summed E-state index contributed by atoms with van der Waals surface area (Å²) < 4.78 is 6.28. The summed E-state index contributed by atoms with van der Waals surface area (Å²) in [6.07, 6.45) is 1.59. The predicted molar refractivity (Wildman–Crippen MR) is 109 cm³/mol. The van der Waals surface area contributed by atoms with Crippen molar-refractivity contribution in [3.63, 3.8) is 0 Å². The fraction of sp³-hybridized carbons (Fsp3) is 0.0400. The summed E-state index contributed by atoms with van der Waals surface area (Å²) in [5.41, 5.74) is 1.80. The maximum absolute atomic E-state index is 13.1. The first-order valence-electron chi connectivity index (χ1n) is 9.11. The van der Waals surface area contributed by atoms with Gasteiger partial charge in [0.05, 0.1) is 0 Å². The monoisotopic (exact) mass is 365 g/mol. The van der Waals surface area contributed by atoms with Crippen LogP contribution in [-0.2, 0) is 10.3 Å². The maximum Gasteiger partial charge on any atom is 0.358 e. The molecule has 4 rings (SSSR count). The van der Waals surface area contributed by atoms with Crippen molar-refractivity contribution in [2.75, 3.05) is 0 Å². The van der Waals surface area contributed by atoms with E-state index in [1.807, 2.05) is 91.0 Å². The first-order chi connectivity index (χ1) is 13.8. The minimum absolute atomic E-state index is 0.273. The smallest absolute Gasteiger partial charge is 0.358 e. The van der Waals surface area contributed by atoms with Crippen LogP contribution in [0.2, 0.25) is 0 Å². The van der Waals surface area contributed by atoms with Crippen molar-refractivity contribution >= 4 is 5.97 Å². The van der Waals surface area contributed by atoms with Gasteiger partial charge in [-0.1, -0.05) is 97.1 Å². The van der Waals surface area contributed by atoms with Crippen LogP contribution in [0.5, 0.6) is 0 Å². The Morgan fingerprint density at radius 3 is 1.43 bits per heavy atom. The van der Waals surface area contributed by atoms with Gasteiger partial charge in [0.15, 0.2) is 5.60 Å². The molecule has 0 unspecified atom stereocenters. The second kappa shape index (κ2) is 7.89. The number of hydrogen-bond donors (Lipinski definition) is 0. The molecule has 0 spiro atoms. The summed E-state index contributed by atoms with van der Waals surface area (Å²) >= 11 is 0. The molecule has 136 valence electrons. The molecule has 3 aromatic carbocycles. The van der Waals surface area contributed by atoms with E-state index in [0.717, 1.165) is 16.7 Å². The van der Waals surface area contributed by atoms with Crippen molar-refractivity contribution in [1.29, 1.82) is 0 Å². The standard InChI is InChI=1S/C25H19NO2/c27-24(23-18-10-11-19-26-23)28-25(20-12-4-1-5-13-20,21-14-6-2-7-15-21)22-16-8-3-9-17-22/h1-19H. The first-order valence-corrected chi connectivity index (χ1v) is 9.11. The number of nitrogens with zero attached hydrogens (tertiary/aromatic N) is 1. The number of rotatable bonds is 5. The molecule has 0 bridgehead atoms. The van der Waals surface area contributed by atoms with E-state index in [2.05, 4.69) is 4.98 Å². The van der Waals surface area contributed by atoms with Crippen molar-refractivity contribution in [3.8, 4) is 0 Å². The normalized spacial score (nSPS) is 11.0. The van der Waals surface area contributed by atoms with Crippen LogP contribution >= 0.6 is 0 Å². The SMILES string of the molecule is O=C(OC(c1ccccc1)(c1ccccc1)c1ccccc1)c1ccccn1. The summed E-state index contributed by atoms with van der Waals surface area (Å²) in [6, 6.07) is 34.6. The third-order valence-electron chi connectivity index (χ3n) is 4.66. The number of pyridine rings is 1. The zero-order valence-corrected chi connectivity index (χ0v) is 15.2. The Hall–Kier alpha value is -3.72. The van der Waals surface area contributed by atoms with Gasteiger partial charge in [-0.3, -0.25) is 0 Å². The lowest BCUT2D eigenvalue weighted by Gasteiger charge is -2.35. The average Bonchev–Trinajstić information content (AvgIpc) is 2.80. The van der Waals surface area contributed by atoms with Crippen molar-refractivity contribution < 1.29 is 9.53 Å². The molecule has 0 aliphatic carbocycles. The number of carbonyl (C=O) groups is 1. The van der Waals surface area contributed by atoms with Crippen LogP contribution in [0, 0.1) is 0 Å². The molecule has 0 saturated heterocycles. The van der Waals surface area contributed by atoms with E-state index >= 15 is 0 Å². The van der Waals surface area contributed by atoms with E-state index in [0.29, 0.717) is 0 Å².